The van der Waals surface area contributed by atoms with Crippen molar-refractivity contribution < 1.29 is 5.21 Å². The lowest BCUT2D eigenvalue weighted by molar-refractivity contribution is -0.0871. The Kier molecular flexibility index (Phi) is 0.999. The lowest BCUT2D eigenvalue weighted by Gasteiger charge is -1.95. The first-order valence-corrected chi connectivity index (χ1v) is 2.28. The van der Waals surface area contributed by atoms with Crippen molar-refractivity contribution in [3.05, 3.63) is 11.6 Å². The highest BCUT2D eigenvalue weighted by Crippen LogP contribution is 2.08. The lowest BCUT2D eigenvalue weighted by Crippen LogP contribution is -2.15. The average Bonchev–Trinajstić information content (AvgIpc) is 1.86. The van der Waals surface area contributed by atoms with Crippen molar-refractivity contribution >= 4 is 11.9 Å². The molecule has 4 heteroatoms. The Labute approximate surface area is 39.7 Å². The van der Waals surface area contributed by atoms with E-state index >= 15 is 0 Å². The molecule has 0 spiro atoms. The van der Waals surface area contributed by atoms with E-state index in [1.54, 1.807) is 11.6 Å². The molecule has 1 radical (unpaired) electrons. The minimum atomic E-state index is 0.667. The Balaban J connectivity index is 2.32. The van der Waals surface area contributed by atoms with Crippen molar-refractivity contribution in [3.8, 4) is 0 Å². The second kappa shape index (κ2) is 1.51. The van der Waals surface area contributed by atoms with E-state index < -0.39 is 0 Å². The summed E-state index contributed by atoms with van der Waals surface area (Å²) in [5.41, 5.74) is 2.38. The van der Waals surface area contributed by atoms with Gasteiger partial charge in [-0.3, -0.25) is 5.43 Å². The van der Waals surface area contributed by atoms with E-state index in [1.807, 2.05) is 0 Å². The number of nitrogens with one attached hydrogen (secondary N) is 1. The van der Waals surface area contributed by atoms with Crippen LogP contribution in [-0.2, 0) is 5.21 Å². The summed E-state index contributed by atoms with van der Waals surface area (Å²) in [6, 6.07) is 0. The number of nitrogens with zero attached hydrogens (tertiary/aromatic N) is 1. The first-order valence-electron chi connectivity index (χ1n) is 1.45. The normalized spacial score (nSPS) is 21.5. The van der Waals surface area contributed by atoms with Gasteiger partial charge in [-0.05, 0) is 4.58 Å². The molecule has 0 aromatic carbocycles. The SMILES string of the molecule is [O]N1NC=CS1. The van der Waals surface area contributed by atoms with Crippen LogP contribution < -0.4 is 5.43 Å². The second-order valence-corrected chi connectivity index (χ2v) is 1.61. The van der Waals surface area contributed by atoms with Crippen molar-refractivity contribution in [1.82, 2.24) is 10.0 Å². The third kappa shape index (κ3) is 0.649. The highest BCUT2D eigenvalue weighted by molar-refractivity contribution is 7.99. The Hall–Kier alpha value is -0.190. The fourth-order valence-electron chi connectivity index (χ4n) is 0.207. The molecule has 1 aliphatic rings. The molecule has 0 amide bonds. The van der Waals surface area contributed by atoms with Crippen molar-refractivity contribution in [3.63, 3.8) is 0 Å². The van der Waals surface area contributed by atoms with Crippen LogP contribution in [0.15, 0.2) is 11.6 Å². The zero-order valence-corrected chi connectivity index (χ0v) is 3.73. The van der Waals surface area contributed by atoms with Crippen LogP contribution in [0.1, 0.15) is 0 Å². The van der Waals surface area contributed by atoms with Gasteiger partial charge < -0.3 is 0 Å². The number of rotatable bonds is 0. The van der Waals surface area contributed by atoms with E-state index in [1.165, 1.54) is 0 Å². The van der Waals surface area contributed by atoms with E-state index in [2.05, 4.69) is 5.43 Å². The van der Waals surface area contributed by atoms with Gasteiger partial charge in [-0.15, -0.1) is 0 Å². The van der Waals surface area contributed by atoms with E-state index in [-0.39, 0.29) is 0 Å². The highest BCUT2D eigenvalue weighted by Gasteiger charge is 1.99. The summed E-state index contributed by atoms with van der Waals surface area (Å²) in [5.74, 6) is 0. The van der Waals surface area contributed by atoms with Gasteiger partial charge in [-0.25, -0.2) is 0 Å². The Bertz CT molecular complexity index is 65.9. The molecule has 1 rings (SSSR count). The van der Waals surface area contributed by atoms with Gasteiger partial charge in [0, 0.05) is 23.6 Å². The van der Waals surface area contributed by atoms with Crippen LogP contribution in [0.3, 0.4) is 0 Å². The summed E-state index contributed by atoms with van der Waals surface area (Å²) in [6.45, 7) is 0. The fourth-order valence-corrected chi connectivity index (χ4v) is 0.561. The minimum absolute atomic E-state index is 0.667. The minimum Gasteiger partial charge on any atom is -0.290 e. The standard InChI is InChI=1S/C2H3N2OS/c5-4-3-1-2-6-4/h1-3H. The van der Waals surface area contributed by atoms with Crippen molar-refractivity contribution in [2.45, 2.75) is 0 Å². The molecule has 0 aromatic rings. The Morgan fingerprint density at radius 1 is 1.83 bits per heavy atom. The summed E-state index contributed by atoms with van der Waals surface area (Å²) >= 11 is 1.08. The molecule has 0 aliphatic carbocycles. The van der Waals surface area contributed by atoms with Gasteiger partial charge in [0.1, 0.15) is 0 Å². The molecule has 0 atom stereocenters. The van der Waals surface area contributed by atoms with Gasteiger partial charge in [0.05, 0.1) is 0 Å². The zero-order chi connectivity index (χ0) is 4.41. The lowest BCUT2D eigenvalue weighted by atomic mass is 11.1. The van der Waals surface area contributed by atoms with Gasteiger partial charge >= 0.3 is 0 Å². The van der Waals surface area contributed by atoms with Crippen LogP contribution in [0.4, 0.5) is 0 Å². The quantitative estimate of drug-likeness (QED) is 0.447. The summed E-state index contributed by atoms with van der Waals surface area (Å²) in [7, 11) is 0. The maximum absolute atomic E-state index is 9.95. The largest absolute Gasteiger partial charge is 0.290 e. The van der Waals surface area contributed by atoms with Crippen molar-refractivity contribution in [2.24, 2.45) is 0 Å². The zero-order valence-electron chi connectivity index (χ0n) is 2.92. The van der Waals surface area contributed by atoms with Gasteiger partial charge in [0.15, 0.2) is 0 Å². The molecule has 0 fully saturated rings. The third-order valence-corrected chi connectivity index (χ3v) is 0.959. The van der Waals surface area contributed by atoms with Crippen LogP contribution in [0.2, 0.25) is 0 Å². The second-order valence-electron chi connectivity index (χ2n) is 0.794. The maximum Gasteiger partial charge on any atom is 0.0238 e. The van der Waals surface area contributed by atoms with E-state index in [9.17, 15) is 5.21 Å². The molecule has 3 nitrogen and oxygen atoms in total. The summed E-state index contributed by atoms with van der Waals surface area (Å²) in [5, 5.41) is 11.6. The smallest absolute Gasteiger partial charge is 0.0238 e. The van der Waals surface area contributed by atoms with Crippen LogP contribution in [-0.4, -0.2) is 4.58 Å². The number of hydrogen-bond acceptors (Lipinski definition) is 3. The maximum atomic E-state index is 9.95. The summed E-state index contributed by atoms with van der Waals surface area (Å²) in [4.78, 5) is 0. The van der Waals surface area contributed by atoms with Crippen molar-refractivity contribution in [1.29, 1.82) is 0 Å². The monoisotopic (exact) mass is 103 g/mol. The molecular weight excluding hydrogens is 100 g/mol. The van der Waals surface area contributed by atoms with Crippen LogP contribution >= 0.6 is 11.9 Å². The van der Waals surface area contributed by atoms with Crippen LogP contribution in [0.5, 0.6) is 0 Å². The van der Waals surface area contributed by atoms with Crippen molar-refractivity contribution in [2.75, 3.05) is 0 Å². The van der Waals surface area contributed by atoms with Gasteiger partial charge in [0.2, 0.25) is 0 Å². The van der Waals surface area contributed by atoms with Gasteiger partial charge in [-0.1, -0.05) is 5.21 Å². The fraction of sp³-hybridized carbons (Fsp3) is 0. The molecule has 1 aliphatic heterocycles. The van der Waals surface area contributed by atoms with Gasteiger partial charge in [0.25, 0.3) is 0 Å². The molecule has 33 valence electrons. The molecular formula is C2H3N2OS. The molecule has 1 heterocycles. The Morgan fingerprint density at radius 2 is 2.67 bits per heavy atom. The summed E-state index contributed by atoms with van der Waals surface area (Å²) in [6.07, 6.45) is 1.58. The Morgan fingerprint density at radius 3 is 2.83 bits per heavy atom. The molecule has 0 aromatic heterocycles. The highest BCUT2D eigenvalue weighted by atomic mass is 32.2. The molecule has 1 N–H and O–H groups in total. The summed E-state index contributed by atoms with van der Waals surface area (Å²) < 4.78 is 0.667. The van der Waals surface area contributed by atoms with Crippen LogP contribution in [0.25, 0.3) is 0 Å². The molecule has 0 saturated heterocycles. The van der Waals surface area contributed by atoms with Crippen LogP contribution in [0, 0.1) is 0 Å². The van der Waals surface area contributed by atoms with E-state index in [4.69, 9.17) is 0 Å². The molecule has 0 unspecified atom stereocenters. The molecule has 0 saturated carbocycles. The molecule has 6 heavy (non-hydrogen) atoms. The first kappa shape index (κ1) is 3.98. The number of hydrazine groups is 1. The predicted molar refractivity (Wildman–Crippen MR) is 22.4 cm³/mol. The predicted octanol–water partition coefficient (Wildman–Crippen LogP) is 0.272. The van der Waals surface area contributed by atoms with E-state index in [0.717, 1.165) is 11.9 Å². The van der Waals surface area contributed by atoms with E-state index in [0.29, 0.717) is 4.58 Å². The van der Waals surface area contributed by atoms with Gasteiger partial charge in [-0.2, -0.15) is 0 Å². The topological polar surface area (TPSA) is 35.2 Å². The average molecular weight is 103 g/mol. The molecule has 0 bridgehead atoms. The third-order valence-electron chi connectivity index (χ3n) is 0.405. The number of hydrogen-bond donors (Lipinski definition) is 1. The first-order chi connectivity index (χ1) is 2.89.